The van der Waals surface area contributed by atoms with E-state index < -0.39 is 5.82 Å². The molecule has 0 aliphatic heterocycles. The number of hydrogen-bond acceptors (Lipinski definition) is 3. The van der Waals surface area contributed by atoms with Crippen LogP contribution in [-0.2, 0) is 6.54 Å². The van der Waals surface area contributed by atoms with Crippen molar-refractivity contribution < 1.29 is 9.13 Å². The van der Waals surface area contributed by atoms with Gasteiger partial charge in [-0.05, 0) is 23.8 Å². The van der Waals surface area contributed by atoms with Crippen LogP contribution in [0.15, 0.2) is 41.3 Å². The highest BCUT2D eigenvalue weighted by Gasteiger charge is 2.04. The number of aromatic nitrogens is 1. The first-order valence-electron chi connectivity index (χ1n) is 5.38. The molecule has 4 nitrogen and oxygen atoms in total. The van der Waals surface area contributed by atoms with E-state index in [-0.39, 0.29) is 11.3 Å². The van der Waals surface area contributed by atoms with Crippen LogP contribution in [-0.4, -0.2) is 11.7 Å². The molecule has 0 amide bonds. The van der Waals surface area contributed by atoms with Crippen molar-refractivity contribution in [1.82, 2.24) is 4.57 Å². The maximum atomic E-state index is 13.5. The fourth-order valence-electron chi connectivity index (χ4n) is 1.66. The molecule has 2 N–H and O–H groups in total. The SMILES string of the molecule is COc1ccc(Cn2ccc(N)cc2=O)cc1F. The third-order valence-corrected chi connectivity index (χ3v) is 2.59. The third-order valence-electron chi connectivity index (χ3n) is 2.59. The van der Waals surface area contributed by atoms with Crippen molar-refractivity contribution >= 4 is 5.69 Å². The molecule has 0 fully saturated rings. The Kier molecular flexibility index (Phi) is 3.32. The number of pyridine rings is 1. The highest BCUT2D eigenvalue weighted by atomic mass is 19.1. The number of nitrogens with two attached hydrogens (primary N) is 1. The van der Waals surface area contributed by atoms with Gasteiger partial charge in [0.15, 0.2) is 11.6 Å². The molecule has 0 saturated carbocycles. The molecule has 0 bridgehead atoms. The molecule has 0 saturated heterocycles. The molecule has 5 heteroatoms. The van der Waals surface area contributed by atoms with E-state index in [0.717, 1.165) is 0 Å². The Balaban J connectivity index is 2.29. The summed E-state index contributed by atoms with van der Waals surface area (Å²) in [4.78, 5) is 11.6. The van der Waals surface area contributed by atoms with Crippen LogP contribution in [0.4, 0.5) is 10.1 Å². The molecule has 0 unspecified atom stereocenters. The van der Waals surface area contributed by atoms with Crippen molar-refractivity contribution in [2.24, 2.45) is 0 Å². The second-order valence-electron chi connectivity index (χ2n) is 3.90. The van der Waals surface area contributed by atoms with Gasteiger partial charge in [-0.2, -0.15) is 0 Å². The quantitative estimate of drug-likeness (QED) is 0.898. The Bertz CT molecular complexity index is 623. The van der Waals surface area contributed by atoms with Crippen LogP contribution >= 0.6 is 0 Å². The maximum Gasteiger partial charge on any atom is 0.252 e. The monoisotopic (exact) mass is 248 g/mol. The van der Waals surface area contributed by atoms with E-state index in [2.05, 4.69) is 0 Å². The number of nitrogen functional groups attached to an aromatic ring is 1. The summed E-state index contributed by atoms with van der Waals surface area (Å²) in [6, 6.07) is 7.56. The van der Waals surface area contributed by atoms with Gasteiger partial charge in [-0.25, -0.2) is 4.39 Å². The molecular formula is C13H13FN2O2. The fraction of sp³-hybridized carbons (Fsp3) is 0.154. The predicted octanol–water partition coefficient (Wildman–Crippen LogP) is 1.63. The van der Waals surface area contributed by atoms with Crippen molar-refractivity contribution in [2.75, 3.05) is 12.8 Å². The summed E-state index contributed by atoms with van der Waals surface area (Å²) in [6.07, 6.45) is 1.58. The van der Waals surface area contributed by atoms with Crippen LogP contribution in [0.3, 0.4) is 0 Å². The van der Waals surface area contributed by atoms with Crippen LogP contribution in [0, 0.1) is 5.82 Å². The first kappa shape index (κ1) is 12.2. The molecule has 0 aliphatic carbocycles. The Morgan fingerprint density at radius 1 is 1.33 bits per heavy atom. The van der Waals surface area contributed by atoms with Gasteiger partial charge in [0.1, 0.15) is 0 Å². The van der Waals surface area contributed by atoms with Crippen LogP contribution in [0.1, 0.15) is 5.56 Å². The van der Waals surface area contributed by atoms with Gasteiger partial charge >= 0.3 is 0 Å². The lowest BCUT2D eigenvalue weighted by Gasteiger charge is -2.08. The molecule has 0 atom stereocenters. The molecule has 0 radical (unpaired) electrons. The number of nitrogens with zero attached hydrogens (tertiary/aromatic N) is 1. The summed E-state index contributed by atoms with van der Waals surface area (Å²) < 4.78 is 19.8. The molecule has 2 aromatic rings. The van der Waals surface area contributed by atoms with Crippen LogP contribution in [0.25, 0.3) is 0 Å². The highest BCUT2D eigenvalue weighted by Crippen LogP contribution is 2.17. The minimum atomic E-state index is -0.446. The van der Waals surface area contributed by atoms with E-state index in [4.69, 9.17) is 10.5 Å². The minimum absolute atomic E-state index is 0.184. The summed E-state index contributed by atoms with van der Waals surface area (Å²) in [7, 11) is 1.41. The molecule has 94 valence electrons. The minimum Gasteiger partial charge on any atom is -0.494 e. The van der Waals surface area contributed by atoms with E-state index in [1.165, 1.54) is 29.9 Å². The van der Waals surface area contributed by atoms with Crippen LogP contribution < -0.4 is 16.0 Å². The van der Waals surface area contributed by atoms with Crippen molar-refractivity contribution in [3.63, 3.8) is 0 Å². The zero-order valence-electron chi connectivity index (χ0n) is 9.89. The second-order valence-corrected chi connectivity index (χ2v) is 3.90. The number of anilines is 1. The Labute approximate surface area is 103 Å². The van der Waals surface area contributed by atoms with Gasteiger partial charge < -0.3 is 15.0 Å². The summed E-state index contributed by atoms with van der Waals surface area (Å²) in [5.74, 6) is -0.262. The molecule has 0 spiro atoms. The summed E-state index contributed by atoms with van der Waals surface area (Å²) in [5.41, 5.74) is 6.37. The number of rotatable bonds is 3. The Morgan fingerprint density at radius 3 is 2.72 bits per heavy atom. The Morgan fingerprint density at radius 2 is 2.11 bits per heavy atom. The largest absolute Gasteiger partial charge is 0.494 e. The van der Waals surface area contributed by atoms with Crippen molar-refractivity contribution in [1.29, 1.82) is 0 Å². The van der Waals surface area contributed by atoms with Gasteiger partial charge in [0.25, 0.3) is 5.56 Å². The van der Waals surface area contributed by atoms with E-state index >= 15 is 0 Å². The smallest absolute Gasteiger partial charge is 0.252 e. The van der Waals surface area contributed by atoms with Gasteiger partial charge in [0.2, 0.25) is 0 Å². The molecule has 0 aliphatic rings. The molecule has 1 aromatic carbocycles. The average Bonchev–Trinajstić information content (AvgIpc) is 2.33. The molecule has 2 rings (SSSR count). The van der Waals surface area contributed by atoms with Crippen molar-refractivity contribution in [2.45, 2.75) is 6.54 Å². The fourth-order valence-corrected chi connectivity index (χ4v) is 1.66. The molecule has 1 heterocycles. The predicted molar refractivity (Wildman–Crippen MR) is 67.2 cm³/mol. The number of hydrogen-bond donors (Lipinski definition) is 1. The van der Waals surface area contributed by atoms with Crippen LogP contribution in [0.5, 0.6) is 5.75 Å². The maximum absolute atomic E-state index is 13.5. The molecule has 1 aromatic heterocycles. The van der Waals surface area contributed by atoms with Gasteiger partial charge in [-0.1, -0.05) is 6.07 Å². The van der Waals surface area contributed by atoms with Gasteiger partial charge in [0, 0.05) is 18.0 Å². The zero-order valence-corrected chi connectivity index (χ0v) is 9.89. The topological polar surface area (TPSA) is 57.2 Å². The van der Waals surface area contributed by atoms with Crippen molar-refractivity contribution in [3.05, 3.63) is 58.3 Å². The average molecular weight is 248 g/mol. The van der Waals surface area contributed by atoms with Crippen LogP contribution in [0.2, 0.25) is 0 Å². The number of methoxy groups -OCH3 is 1. The van der Waals surface area contributed by atoms with Crippen molar-refractivity contribution in [3.8, 4) is 5.75 Å². The number of benzene rings is 1. The lowest BCUT2D eigenvalue weighted by molar-refractivity contribution is 0.386. The van der Waals surface area contributed by atoms with E-state index in [9.17, 15) is 9.18 Å². The Hall–Kier alpha value is -2.30. The summed E-state index contributed by atoms with van der Waals surface area (Å²) in [6.45, 7) is 0.292. The van der Waals surface area contributed by atoms with E-state index in [1.807, 2.05) is 0 Å². The zero-order chi connectivity index (χ0) is 13.1. The second kappa shape index (κ2) is 4.91. The lowest BCUT2D eigenvalue weighted by atomic mass is 10.2. The van der Waals surface area contributed by atoms with Gasteiger partial charge in [-0.3, -0.25) is 4.79 Å². The number of halogens is 1. The van der Waals surface area contributed by atoms with Gasteiger partial charge in [-0.15, -0.1) is 0 Å². The summed E-state index contributed by atoms with van der Waals surface area (Å²) >= 11 is 0. The standard InChI is InChI=1S/C13H13FN2O2/c1-18-12-3-2-9(6-11(12)14)8-16-5-4-10(15)7-13(16)17/h2-7H,8,15H2,1H3. The van der Waals surface area contributed by atoms with Gasteiger partial charge in [0.05, 0.1) is 13.7 Å². The lowest BCUT2D eigenvalue weighted by Crippen LogP contribution is -2.19. The van der Waals surface area contributed by atoms with E-state index in [1.54, 1.807) is 18.3 Å². The number of ether oxygens (including phenoxy) is 1. The first-order chi connectivity index (χ1) is 8.60. The van der Waals surface area contributed by atoms with E-state index in [0.29, 0.717) is 17.8 Å². The first-order valence-corrected chi connectivity index (χ1v) is 5.38. The third kappa shape index (κ3) is 2.51. The molecule has 18 heavy (non-hydrogen) atoms. The highest BCUT2D eigenvalue weighted by molar-refractivity contribution is 5.35. The summed E-state index contributed by atoms with van der Waals surface area (Å²) in [5, 5.41) is 0. The normalized spacial score (nSPS) is 10.3. The molecular weight excluding hydrogens is 235 g/mol.